The highest BCUT2D eigenvalue weighted by molar-refractivity contribution is 6.32. The van der Waals surface area contributed by atoms with E-state index in [1.165, 1.54) is 4.90 Å². The number of nitrogens with zero attached hydrogens (tertiary/aromatic N) is 2. The number of amides is 1. The molecule has 0 spiro atoms. The van der Waals surface area contributed by atoms with Crippen LogP contribution in [0.5, 0.6) is 0 Å². The van der Waals surface area contributed by atoms with Gasteiger partial charge in [-0.05, 0) is 6.92 Å². The Kier molecular flexibility index (Phi) is 2.29. The maximum Gasteiger partial charge on any atom is 0.397 e. The van der Waals surface area contributed by atoms with E-state index >= 15 is 0 Å². The van der Waals surface area contributed by atoms with E-state index in [4.69, 9.17) is 5.26 Å². The van der Waals surface area contributed by atoms with Crippen molar-refractivity contribution in [1.29, 1.82) is 5.26 Å². The van der Waals surface area contributed by atoms with Gasteiger partial charge in [-0.3, -0.25) is 4.79 Å². The molecular formula is C7H8N2O3. The summed E-state index contributed by atoms with van der Waals surface area (Å²) in [5.41, 5.74) is 0. The SMILES string of the molecule is CC(C#N)N1CCOC(=O)C1=O. The fraction of sp³-hybridized carbons (Fsp3) is 0.571. The van der Waals surface area contributed by atoms with E-state index in [0.29, 0.717) is 6.54 Å². The summed E-state index contributed by atoms with van der Waals surface area (Å²) < 4.78 is 4.48. The molecular weight excluding hydrogens is 160 g/mol. The number of hydrogen-bond acceptors (Lipinski definition) is 4. The normalized spacial score (nSPS) is 19.8. The molecule has 0 saturated carbocycles. The van der Waals surface area contributed by atoms with E-state index in [1.807, 2.05) is 6.07 Å². The van der Waals surface area contributed by atoms with E-state index < -0.39 is 17.9 Å². The van der Waals surface area contributed by atoms with Gasteiger partial charge in [-0.15, -0.1) is 0 Å². The van der Waals surface area contributed by atoms with Gasteiger partial charge in [0.1, 0.15) is 12.6 Å². The van der Waals surface area contributed by atoms with Crippen molar-refractivity contribution >= 4 is 11.9 Å². The summed E-state index contributed by atoms with van der Waals surface area (Å²) >= 11 is 0. The van der Waals surface area contributed by atoms with Gasteiger partial charge in [-0.1, -0.05) is 0 Å². The Morgan fingerprint density at radius 2 is 2.33 bits per heavy atom. The lowest BCUT2D eigenvalue weighted by Gasteiger charge is -2.27. The van der Waals surface area contributed by atoms with Crippen LogP contribution in [0.3, 0.4) is 0 Å². The molecule has 0 aromatic rings. The molecule has 1 aliphatic rings. The number of rotatable bonds is 1. The van der Waals surface area contributed by atoms with Crippen LogP contribution in [0.15, 0.2) is 0 Å². The van der Waals surface area contributed by atoms with E-state index in [2.05, 4.69) is 4.74 Å². The van der Waals surface area contributed by atoms with Crippen LogP contribution in [0.1, 0.15) is 6.92 Å². The third-order valence-corrected chi connectivity index (χ3v) is 1.66. The van der Waals surface area contributed by atoms with Crippen molar-refractivity contribution < 1.29 is 14.3 Å². The Bertz CT molecular complexity index is 256. The first kappa shape index (κ1) is 8.53. The summed E-state index contributed by atoms with van der Waals surface area (Å²) in [7, 11) is 0. The van der Waals surface area contributed by atoms with Crippen molar-refractivity contribution in [3.05, 3.63) is 0 Å². The van der Waals surface area contributed by atoms with Crippen LogP contribution in [-0.4, -0.2) is 36.0 Å². The fourth-order valence-corrected chi connectivity index (χ4v) is 0.956. The minimum absolute atomic E-state index is 0.177. The van der Waals surface area contributed by atoms with Gasteiger partial charge in [-0.25, -0.2) is 4.79 Å². The van der Waals surface area contributed by atoms with Crippen molar-refractivity contribution in [2.24, 2.45) is 0 Å². The number of hydrogen-bond donors (Lipinski definition) is 0. The Hall–Kier alpha value is -1.57. The van der Waals surface area contributed by atoms with Crippen molar-refractivity contribution in [3.8, 4) is 6.07 Å². The van der Waals surface area contributed by atoms with Gasteiger partial charge in [-0.2, -0.15) is 5.26 Å². The molecule has 1 rings (SSSR count). The summed E-state index contributed by atoms with van der Waals surface area (Å²) in [6.45, 7) is 2.05. The molecule has 12 heavy (non-hydrogen) atoms. The second-order valence-electron chi connectivity index (χ2n) is 2.44. The van der Waals surface area contributed by atoms with Crippen molar-refractivity contribution in [1.82, 2.24) is 4.90 Å². The first-order chi connectivity index (χ1) is 5.66. The molecule has 1 atom stereocenters. The first-order valence-corrected chi connectivity index (χ1v) is 3.54. The predicted molar refractivity (Wildman–Crippen MR) is 37.7 cm³/mol. The first-order valence-electron chi connectivity index (χ1n) is 3.54. The summed E-state index contributed by atoms with van der Waals surface area (Å²) in [5.74, 6) is -1.60. The Morgan fingerprint density at radius 1 is 1.67 bits per heavy atom. The van der Waals surface area contributed by atoms with Crippen LogP contribution in [-0.2, 0) is 14.3 Å². The lowest BCUT2D eigenvalue weighted by Crippen LogP contribution is -2.48. The minimum Gasteiger partial charge on any atom is -0.457 e. The number of esters is 1. The van der Waals surface area contributed by atoms with Gasteiger partial charge in [0.15, 0.2) is 0 Å². The molecule has 0 radical (unpaired) electrons. The zero-order valence-electron chi connectivity index (χ0n) is 6.61. The molecule has 1 saturated heterocycles. The average Bonchev–Trinajstić information content (AvgIpc) is 2.08. The summed E-state index contributed by atoms with van der Waals surface area (Å²) in [4.78, 5) is 22.9. The highest BCUT2D eigenvalue weighted by Crippen LogP contribution is 2.04. The summed E-state index contributed by atoms with van der Waals surface area (Å²) in [6.07, 6.45) is 0. The molecule has 1 aliphatic heterocycles. The Morgan fingerprint density at radius 3 is 2.92 bits per heavy atom. The van der Waals surface area contributed by atoms with E-state index in [0.717, 1.165) is 0 Å². The summed E-state index contributed by atoms with van der Waals surface area (Å²) in [5, 5.41) is 8.50. The topological polar surface area (TPSA) is 70.4 Å². The van der Waals surface area contributed by atoms with Crippen LogP contribution in [0.25, 0.3) is 0 Å². The van der Waals surface area contributed by atoms with Gasteiger partial charge in [0.2, 0.25) is 0 Å². The second kappa shape index (κ2) is 3.22. The zero-order chi connectivity index (χ0) is 9.14. The van der Waals surface area contributed by atoms with Crippen LogP contribution < -0.4 is 0 Å². The molecule has 5 heteroatoms. The highest BCUT2D eigenvalue weighted by atomic mass is 16.5. The fourth-order valence-electron chi connectivity index (χ4n) is 0.956. The molecule has 0 aromatic heterocycles. The molecule has 0 aliphatic carbocycles. The number of carbonyl (C=O) groups excluding carboxylic acids is 2. The monoisotopic (exact) mass is 168 g/mol. The lowest BCUT2D eigenvalue weighted by atomic mass is 10.3. The van der Waals surface area contributed by atoms with Gasteiger partial charge < -0.3 is 9.64 Å². The third-order valence-electron chi connectivity index (χ3n) is 1.66. The van der Waals surface area contributed by atoms with Crippen molar-refractivity contribution in [3.63, 3.8) is 0 Å². The lowest BCUT2D eigenvalue weighted by molar-refractivity contribution is -0.167. The standard InChI is InChI=1S/C7H8N2O3/c1-5(4-8)9-2-3-12-7(11)6(9)10/h5H,2-3H2,1H3. The quantitative estimate of drug-likeness (QED) is 0.383. The molecule has 1 fully saturated rings. The Labute approximate surface area is 69.5 Å². The average molecular weight is 168 g/mol. The number of nitriles is 1. The largest absolute Gasteiger partial charge is 0.457 e. The maximum atomic E-state index is 11.0. The van der Waals surface area contributed by atoms with Gasteiger partial charge in [0.25, 0.3) is 0 Å². The summed E-state index contributed by atoms with van der Waals surface area (Å²) in [6, 6.07) is 1.32. The highest BCUT2D eigenvalue weighted by Gasteiger charge is 2.31. The molecule has 0 N–H and O–H groups in total. The smallest absolute Gasteiger partial charge is 0.397 e. The minimum atomic E-state index is -0.872. The molecule has 1 unspecified atom stereocenters. The van der Waals surface area contributed by atoms with E-state index in [-0.39, 0.29) is 6.61 Å². The van der Waals surface area contributed by atoms with Crippen LogP contribution in [0, 0.1) is 11.3 Å². The van der Waals surface area contributed by atoms with Crippen LogP contribution in [0.2, 0.25) is 0 Å². The molecule has 0 bridgehead atoms. The molecule has 5 nitrogen and oxygen atoms in total. The number of morpholine rings is 1. The molecule has 0 aromatic carbocycles. The number of ether oxygens (including phenoxy) is 1. The zero-order valence-corrected chi connectivity index (χ0v) is 6.61. The number of carbonyl (C=O) groups is 2. The molecule has 64 valence electrons. The van der Waals surface area contributed by atoms with Crippen molar-refractivity contribution in [2.75, 3.05) is 13.2 Å². The van der Waals surface area contributed by atoms with Crippen LogP contribution in [0.4, 0.5) is 0 Å². The third kappa shape index (κ3) is 1.37. The predicted octanol–water partition coefficient (Wildman–Crippen LogP) is -0.716. The second-order valence-corrected chi connectivity index (χ2v) is 2.44. The van der Waals surface area contributed by atoms with Crippen LogP contribution >= 0.6 is 0 Å². The molecule has 1 heterocycles. The van der Waals surface area contributed by atoms with E-state index in [1.54, 1.807) is 6.92 Å². The van der Waals surface area contributed by atoms with Gasteiger partial charge >= 0.3 is 11.9 Å². The molecule has 1 amide bonds. The van der Waals surface area contributed by atoms with Gasteiger partial charge in [0, 0.05) is 0 Å². The van der Waals surface area contributed by atoms with E-state index in [9.17, 15) is 9.59 Å². The maximum absolute atomic E-state index is 11.0. The van der Waals surface area contributed by atoms with Crippen molar-refractivity contribution in [2.45, 2.75) is 13.0 Å². The number of cyclic esters (lactones) is 1. The van der Waals surface area contributed by atoms with Gasteiger partial charge in [0.05, 0.1) is 12.6 Å². The Balaban J connectivity index is 2.72.